The van der Waals surface area contributed by atoms with Crippen LogP contribution in [0.4, 0.5) is 10.5 Å². The van der Waals surface area contributed by atoms with Gasteiger partial charge in [-0.25, -0.2) is 4.79 Å². The van der Waals surface area contributed by atoms with E-state index in [9.17, 15) is 14.4 Å². The SMILES string of the molecule is CCOC(=O)CN1CCN(CC2CN(c3ccc(C(=N)NC(=O)c4ccc(OC)cc4)cc3)C(=O)O2)CC1. The van der Waals surface area contributed by atoms with E-state index in [1.54, 1.807) is 67.5 Å². The van der Waals surface area contributed by atoms with E-state index in [0.717, 1.165) is 26.2 Å². The second-order valence-corrected chi connectivity index (χ2v) is 9.10. The molecule has 2 heterocycles. The Labute approximate surface area is 221 Å². The summed E-state index contributed by atoms with van der Waals surface area (Å²) in [6.45, 7) is 6.60. The first-order chi connectivity index (χ1) is 18.4. The Morgan fingerprint density at radius 3 is 2.26 bits per heavy atom. The number of amides is 2. The first-order valence-corrected chi connectivity index (χ1v) is 12.6. The fourth-order valence-corrected chi connectivity index (χ4v) is 4.44. The van der Waals surface area contributed by atoms with Gasteiger partial charge in [0.15, 0.2) is 0 Å². The number of amidine groups is 1. The molecule has 2 aromatic carbocycles. The van der Waals surface area contributed by atoms with Crippen molar-refractivity contribution in [3.8, 4) is 5.75 Å². The van der Waals surface area contributed by atoms with E-state index in [-0.39, 0.29) is 17.9 Å². The van der Waals surface area contributed by atoms with E-state index in [1.807, 2.05) is 0 Å². The summed E-state index contributed by atoms with van der Waals surface area (Å²) in [5.41, 5.74) is 1.59. The third-order valence-corrected chi connectivity index (χ3v) is 6.52. The molecule has 38 heavy (non-hydrogen) atoms. The molecule has 2 N–H and O–H groups in total. The van der Waals surface area contributed by atoms with Crippen molar-refractivity contribution in [3.05, 3.63) is 59.7 Å². The second kappa shape index (κ2) is 12.5. The number of nitrogens with one attached hydrogen (secondary N) is 2. The van der Waals surface area contributed by atoms with E-state index in [0.29, 0.717) is 48.8 Å². The van der Waals surface area contributed by atoms with Crippen LogP contribution in [0.1, 0.15) is 22.8 Å². The van der Waals surface area contributed by atoms with Crippen molar-refractivity contribution in [2.45, 2.75) is 13.0 Å². The van der Waals surface area contributed by atoms with Crippen molar-refractivity contribution in [2.24, 2.45) is 0 Å². The standard InChI is InChI=1S/C27H33N5O6/c1-3-37-24(33)18-31-14-12-30(13-15-31)16-23-17-32(27(35)38-23)21-8-4-19(5-9-21)25(28)29-26(34)20-6-10-22(36-2)11-7-20/h4-11,23H,3,12-18H2,1-2H3,(H2,28,29,34). The van der Waals surface area contributed by atoms with E-state index >= 15 is 0 Å². The van der Waals surface area contributed by atoms with Gasteiger partial charge in [-0.2, -0.15) is 0 Å². The molecular weight excluding hydrogens is 490 g/mol. The van der Waals surface area contributed by atoms with Crippen LogP contribution in [-0.4, -0.2) is 99.2 Å². The van der Waals surface area contributed by atoms with Gasteiger partial charge in [-0.05, 0) is 55.5 Å². The summed E-state index contributed by atoms with van der Waals surface area (Å²) in [5, 5.41) is 10.8. The molecule has 0 radical (unpaired) electrons. The third kappa shape index (κ3) is 6.87. The maximum Gasteiger partial charge on any atom is 0.414 e. The van der Waals surface area contributed by atoms with Crippen LogP contribution >= 0.6 is 0 Å². The predicted molar refractivity (Wildman–Crippen MR) is 141 cm³/mol. The lowest BCUT2D eigenvalue weighted by atomic mass is 10.1. The monoisotopic (exact) mass is 523 g/mol. The highest BCUT2D eigenvalue weighted by atomic mass is 16.6. The number of benzene rings is 2. The largest absolute Gasteiger partial charge is 0.497 e. The zero-order chi connectivity index (χ0) is 27.1. The minimum absolute atomic E-state index is 0.0404. The van der Waals surface area contributed by atoms with Gasteiger partial charge in [-0.15, -0.1) is 0 Å². The molecule has 2 saturated heterocycles. The number of ether oxygens (including phenoxy) is 3. The van der Waals surface area contributed by atoms with Gasteiger partial charge >= 0.3 is 12.1 Å². The summed E-state index contributed by atoms with van der Waals surface area (Å²) in [6.07, 6.45) is -0.674. The molecule has 2 amide bonds. The molecule has 1 atom stereocenters. The molecule has 4 rings (SSSR count). The molecule has 2 aliphatic rings. The van der Waals surface area contributed by atoms with E-state index < -0.39 is 12.0 Å². The summed E-state index contributed by atoms with van der Waals surface area (Å²) in [6, 6.07) is 13.5. The molecule has 0 aromatic heterocycles. The zero-order valence-electron chi connectivity index (χ0n) is 21.6. The fraction of sp³-hybridized carbons (Fsp3) is 0.407. The number of rotatable bonds is 9. The van der Waals surface area contributed by atoms with Crippen molar-refractivity contribution in [1.29, 1.82) is 5.41 Å². The van der Waals surface area contributed by atoms with Crippen molar-refractivity contribution >= 4 is 29.5 Å². The molecule has 11 heteroatoms. The van der Waals surface area contributed by atoms with Gasteiger partial charge in [0.05, 0.1) is 26.8 Å². The highest BCUT2D eigenvalue weighted by Gasteiger charge is 2.34. The summed E-state index contributed by atoms with van der Waals surface area (Å²) in [4.78, 5) is 42.6. The van der Waals surface area contributed by atoms with Crippen molar-refractivity contribution in [2.75, 3.05) is 64.4 Å². The number of hydrogen-bond donors (Lipinski definition) is 2. The Bertz CT molecular complexity index is 1150. The highest BCUT2D eigenvalue weighted by Crippen LogP contribution is 2.23. The lowest BCUT2D eigenvalue weighted by molar-refractivity contribution is -0.144. The lowest BCUT2D eigenvalue weighted by Crippen LogP contribution is -2.50. The quantitative estimate of drug-likeness (QED) is 0.290. The predicted octanol–water partition coefficient (Wildman–Crippen LogP) is 1.96. The molecule has 202 valence electrons. The maximum absolute atomic E-state index is 12.5. The maximum atomic E-state index is 12.5. The molecular formula is C27H33N5O6. The number of methoxy groups -OCH3 is 1. The second-order valence-electron chi connectivity index (χ2n) is 9.10. The van der Waals surface area contributed by atoms with Crippen molar-refractivity contribution in [3.63, 3.8) is 0 Å². The van der Waals surface area contributed by atoms with Gasteiger partial charge in [-0.3, -0.25) is 29.7 Å². The molecule has 0 bridgehead atoms. The minimum atomic E-state index is -0.411. The molecule has 2 aromatic rings. The van der Waals surface area contributed by atoms with Crippen LogP contribution in [0, 0.1) is 5.41 Å². The Morgan fingerprint density at radius 1 is 1.00 bits per heavy atom. The highest BCUT2D eigenvalue weighted by molar-refractivity contribution is 6.11. The summed E-state index contributed by atoms with van der Waals surface area (Å²) in [5.74, 6) is 0.00125. The molecule has 0 aliphatic carbocycles. The molecule has 1 unspecified atom stereocenters. The van der Waals surface area contributed by atoms with Crippen LogP contribution in [0.2, 0.25) is 0 Å². The Hall–Kier alpha value is -3.96. The van der Waals surface area contributed by atoms with Crippen LogP contribution in [0.3, 0.4) is 0 Å². The number of esters is 1. The summed E-state index contributed by atoms with van der Waals surface area (Å²) >= 11 is 0. The Morgan fingerprint density at radius 2 is 1.63 bits per heavy atom. The molecule has 11 nitrogen and oxygen atoms in total. The number of cyclic esters (lactones) is 1. The average Bonchev–Trinajstić information content (AvgIpc) is 3.29. The normalized spacial score (nSPS) is 18.1. The lowest BCUT2D eigenvalue weighted by Gasteiger charge is -2.34. The molecule has 2 fully saturated rings. The van der Waals surface area contributed by atoms with Crippen LogP contribution < -0.4 is 15.0 Å². The molecule has 0 spiro atoms. The van der Waals surface area contributed by atoms with Crippen LogP contribution in [0.25, 0.3) is 0 Å². The van der Waals surface area contributed by atoms with E-state index in [4.69, 9.17) is 19.6 Å². The number of hydrogen-bond acceptors (Lipinski definition) is 9. The van der Waals surface area contributed by atoms with Crippen molar-refractivity contribution in [1.82, 2.24) is 15.1 Å². The van der Waals surface area contributed by atoms with Gasteiger partial charge in [0.1, 0.15) is 17.7 Å². The number of anilines is 1. The number of nitrogens with zero attached hydrogens (tertiary/aromatic N) is 3. The van der Waals surface area contributed by atoms with Crippen molar-refractivity contribution < 1.29 is 28.6 Å². The third-order valence-electron chi connectivity index (χ3n) is 6.52. The summed E-state index contributed by atoms with van der Waals surface area (Å²) in [7, 11) is 1.55. The summed E-state index contributed by atoms with van der Waals surface area (Å²) < 4.78 is 15.7. The van der Waals surface area contributed by atoms with Crippen LogP contribution in [0.15, 0.2) is 48.5 Å². The average molecular weight is 524 g/mol. The topological polar surface area (TPSA) is 125 Å². The molecule has 2 aliphatic heterocycles. The number of piperazine rings is 1. The number of carbonyl (C=O) groups excluding carboxylic acids is 3. The van der Waals surface area contributed by atoms with Gasteiger partial charge in [0.25, 0.3) is 5.91 Å². The first-order valence-electron chi connectivity index (χ1n) is 12.6. The van der Waals surface area contributed by atoms with Crippen LogP contribution in [-0.2, 0) is 14.3 Å². The van der Waals surface area contributed by atoms with Crippen LogP contribution in [0.5, 0.6) is 5.75 Å². The Kier molecular flexibility index (Phi) is 8.93. The fourth-order valence-electron chi connectivity index (χ4n) is 4.44. The molecule has 0 saturated carbocycles. The number of carbonyl (C=O) groups is 3. The zero-order valence-corrected chi connectivity index (χ0v) is 21.6. The van der Waals surface area contributed by atoms with E-state index in [1.165, 1.54) is 0 Å². The van der Waals surface area contributed by atoms with Gasteiger partial charge in [0.2, 0.25) is 0 Å². The minimum Gasteiger partial charge on any atom is -0.497 e. The van der Waals surface area contributed by atoms with E-state index in [2.05, 4.69) is 15.1 Å². The van der Waals surface area contributed by atoms with Gasteiger partial charge < -0.3 is 19.5 Å². The Balaban J connectivity index is 1.26. The smallest absolute Gasteiger partial charge is 0.414 e. The van der Waals surface area contributed by atoms with Gasteiger partial charge in [0, 0.05) is 49.5 Å². The first kappa shape index (κ1) is 27.1. The van der Waals surface area contributed by atoms with Gasteiger partial charge in [-0.1, -0.05) is 0 Å².